The van der Waals surface area contributed by atoms with Crippen molar-refractivity contribution in [2.45, 2.75) is 0 Å². The molecule has 19 rings (SSSR count). The number of rotatable bonds is 13. The molecule has 0 aliphatic rings. The van der Waals surface area contributed by atoms with Gasteiger partial charge in [-0.05, 0) is 197 Å². The van der Waals surface area contributed by atoms with Crippen molar-refractivity contribution >= 4 is 43.6 Å². The Morgan fingerprint density at radius 3 is 0.683 bits per heavy atom. The first-order valence-electron chi connectivity index (χ1n) is 33.7. The van der Waals surface area contributed by atoms with Crippen LogP contribution in [-0.4, -0.2) is 78.9 Å². The highest BCUT2D eigenvalue weighted by atomic mass is 15.0. The van der Waals surface area contributed by atoms with Crippen molar-refractivity contribution < 1.29 is 0 Å². The standard InChI is InChI=1S/C50H32N6.C38H24N10/c1-5-24-51-43(12-1)33-16-20-47-39(28-33)40-29-34(44-13-2-6-25-52-44)17-21-48(40)55(47)37-10-9-11-38(32-37)56-49-22-18-35(45-14-3-7-26-53-45)30-41(49)42-31-36(19-23-50(42)56)46-15-4-8-27-54-46;1-3-7-47-35(5-1)37-31(27-13-39-21-40-14-27)9-25(10-32(37)28-15-41-22-42-16-28)26-11-33(29-17-43-23-44-18-29)38(36-6-2-4-8-48-36)34(12-26)30-19-45-24-46-20-30/h1-32H;1-24H. The Kier molecular flexibility index (Phi) is 16.1. The van der Waals surface area contributed by atoms with Crippen LogP contribution in [0.15, 0.2) is 343 Å². The van der Waals surface area contributed by atoms with Crippen molar-refractivity contribution in [1.82, 2.24) is 78.9 Å². The van der Waals surface area contributed by atoms with E-state index in [1.165, 1.54) is 25.3 Å². The fraction of sp³-hybridized carbons (Fsp3) is 0. The number of fused-ring (bicyclic) bond motifs is 6. The number of aromatic nitrogens is 16. The lowest BCUT2D eigenvalue weighted by Crippen LogP contribution is -1.98. The number of hydrogen-bond acceptors (Lipinski definition) is 14. The summed E-state index contributed by atoms with van der Waals surface area (Å²) in [5.74, 6) is 0. The lowest BCUT2D eigenvalue weighted by atomic mass is 9.84. The highest BCUT2D eigenvalue weighted by Crippen LogP contribution is 2.47. The van der Waals surface area contributed by atoms with E-state index in [0.29, 0.717) is 0 Å². The van der Waals surface area contributed by atoms with E-state index in [-0.39, 0.29) is 0 Å². The van der Waals surface area contributed by atoms with Crippen LogP contribution in [0, 0.1) is 0 Å². The van der Waals surface area contributed by atoms with Crippen molar-refractivity contribution in [1.29, 1.82) is 0 Å². The Labute approximate surface area is 596 Å². The van der Waals surface area contributed by atoms with E-state index in [1.807, 2.05) is 159 Å². The zero-order chi connectivity index (χ0) is 69.1. The quantitative estimate of drug-likeness (QED) is 0.106. The maximum atomic E-state index is 4.76. The summed E-state index contributed by atoms with van der Waals surface area (Å²) in [5, 5.41) is 4.64. The van der Waals surface area contributed by atoms with Crippen LogP contribution in [0.4, 0.5) is 0 Å². The highest BCUT2D eigenvalue weighted by molar-refractivity contribution is 6.13. The summed E-state index contributed by atoms with van der Waals surface area (Å²) in [4.78, 5) is 63.1. The molecule has 12 heterocycles. The Morgan fingerprint density at radius 1 is 0.192 bits per heavy atom. The topological polar surface area (TPSA) is 190 Å². The largest absolute Gasteiger partial charge is 0.309 e. The van der Waals surface area contributed by atoms with Gasteiger partial charge >= 0.3 is 0 Å². The number of hydrogen-bond donors (Lipinski definition) is 0. The van der Waals surface area contributed by atoms with Crippen molar-refractivity contribution in [3.63, 3.8) is 0 Å². The summed E-state index contributed by atoms with van der Waals surface area (Å²) in [6.45, 7) is 0. The third-order valence-electron chi connectivity index (χ3n) is 18.7. The fourth-order valence-electron chi connectivity index (χ4n) is 14.0. The molecule has 12 aromatic heterocycles. The smallest absolute Gasteiger partial charge is 0.115 e. The lowest BCUT2D eigenvalue weighted by molar-refractivity contribution is 1.13. The van der Waals surface area contributed by atoms with Crippen LogP contribution < -0.4 is 0 Å². The van der Waals surface area contributed by atoms with E-state index in [1.54, 1.807) is 12.4 Å². The molecule has 0 radical (unpaired) electrons. The Bertz CT molecular complexity index is 5600. The van der Waals surface area contributed by atoms with Gasteiger partial charge in [0.25, 0.3) is 0 Å². The van der Waals surface area contributed by atoms with Gasteiger partial charge in [0.2, 0.25) is 0 Å². The predicted molar refractivity (Wildman–Crippen MR) is 410 cm³/mol. The number of pyridine rings is 6. The SMILES string of the molecule is c1ccc(-c2c(-c3cncnc3)cc(-c3cc(-c4cncnc4)c(-c4ccccn4)c(-c4cncnc4)c3)cc2-c2cncnc2)nc1.c1ccc(-c2ccc3c(c2)c2cc(-c4ccccn4)ccc2n3-c2cccc(-n3c4ccc(-c5ccccn5)cc4c4cc(-c5ccccn5)ccc43)c2)nc1. The van der Waals surface area contributed by atoms with Crippen molar-refractivity contribution in [2.24, 2.45) is 0 Å². The summed E-state index contributed by atoms with van der Waals surface area (Å²) >= 11 is 0. The van der Waals surface area contributed by atoms with Crippen LogP contribution in [0.25, 0.3) is 178 Å². The molecular weight excluding hydrogens is 1280 g/mol. The molecule has 0 bridgehead atoms. The van der Waals surface area contributed by atoms with E-state index < -0.39 is 0 Å². The van der Waals surface area contributed by atoms with Gasteiger partial charge in [-0.3, -0.25) is 29.9 Å². The van der Waals surface area contributed by atoms with E-state index in [2.05, 4.69) is 215 Å². The molecule has 0 aliphatic carbocycles. The molecule has 0 amide bonds. The van der Waals surface area contributed by atoms with Gasteiger partial charge in [0.05, 0.1) is 56.2 Å². The van der Waals surface area contributed by atoms with E-state index >= 15 is 0 Å². The van der Waals surface area contributed by atoms with Crippen molar-refractivity contribution in [3.8, 4) is 135 Å². The average molecular weight is 1340 g/mol. The Hall–Kier alpha value is -14.6. The van der Waals surface area contributed by atoms with E-state index in [4.69, 9.17) is 9.97 Å². The molecule has 104 heavy (non-hydrogen) atoms. The fourth-order valence-corrected chi connectivity index (χ4v) is 14.0. The molecule has 0 N–H and O–H groups in total. The third kappa shape index (κ3) is 11.8. The average Bonchev–Trinajstić information content (AvgIpc) is 1.56. The minimum Gasteiger partial charge on any atom is -0.309 e. The first kappa shape index (κ1) is 61.7. The molecule has 488 valence electrons. The molecule has 0 unspecified atom stereocenters. The van der Waals surface area contributed by atoms with Gasteiger partial charge in [0.15, 0.2) is 0 Å². The van der Waals surface area contributed by atoms with Crippen molar-refractivity contribution in [2.75, 3.05) is 0 Å². The molecule has 16 nitrogen and oxygen atoms in total. The zero-order valence-corrected chi connectivity index (χ0v) is 55.5. The summed E-state index contributed by atoms with van der Waals surface area (Å²) < 4.78 is 4.76. The molecule has 16 heteroatoms. The molecular formula is C88H56N16. The monoisotopic (exact) mass is 1340 g/mol. The maximum Gasteiger partial charge on any atom is 0.115 e. The van der Waals surface area contributed by atoms with Crippen LogP contribution >= 0.6 is 0 Å². The second-order valence-electron chi connectivity index (χ2n) is 24.8. The lowest BCUT2D eigenvalue weighted by Gasteiger charge is -2.20. The van der Waals surface area contributed by atoms with E-state index in [9.17, 15) is 0 Å². The van der Waals surface area contributed by atoms with Gasteiger partial charge in [-0.25, -0.2) is 39.9 Å². The van der Waals surface area contributed by atoms with Crippen LogP contribution in [0.3, 0.4) is 0 Å². The van der Waals surface area contributed by atoms with Gasteiger partial charge in [0.1, 0.15) is 25.3 Å². The van der Waals surface area contributed by atoms with Gasteiger partial charge < -0.3 is 9.13 Å². The van der Waals surface area contributed by atoms with Gasteiger partial charge in [-0.15, -0.1) is 0 Å². The van der Waals surface area contributed by atoms with Crippen LogP contribution in [0.5, 0.6) is 0 Å². The Balaban J connectivity index is 0.000000150. The second-order valence-corrected chi connectivity index (χ2v) is 24.8. The predicted octanol–water partition coefficient (Wildman–Crippen LogP) is 19.4. The summed E-state index contributed by atoms with van der Waals surface area (Å²) in [5.41, 5.74) is 27.1. The highest BCUT2D eigenvalue weighted by Gasteiger charge is 2.24. The second kappa shape index (κ2) is 27.2. The van der Waals surface area contributed by atoms with Crippen LogP contribution in [0.2, 0.25) is 0 Å². The third-order valence-corrected chi connectivity index (χ3v) is 18.7. The summed E-state index contributed by atoms with van der Waals surface area (Å²) in [6, 6.07) is 80.2. The van der Waals surface area contributed by atoms with Crippen molar-refractivity contribution in [3.05, 3.63) is 343 Å². The molecule has 0 fully saturated rings. The minimum absolute atomic E-state index is 0.802. The van der Waals surface area contributed by atoms with Gasteiger partial charge in [-0.2, -0.15) is 0 Å². The summed E-state index contributed by atoms with van der Waals surface area (Å²) in [6.07, 6.45) is 31.6. The zero-order valence-electron chi connectivity index (χ0n) is 55.5. The molecule has 0 atom stereocenters. The molecule has 0 saturated heterocycles. The Morgan fingerprint density at radius 2 is 0.442 bits per heavy atom. The van der Waals surface area contributed by atoms with Crippen LogP contribution in [-0.2, 0) is 0 Å². The van der Waals surface area contributed by atoms with Gasteiger partial charge in [-0.1, -0.05) is 66.7 Å². The first-order valence-corrected chi connectivity index (χ1v) is 33.7. The normalized spacial score (nSPS) is 11.3. The molecule has 7 aromatic carbocycles. The molecule has 0 aliphatic heterocycles. The number of nitrogens with zero attached hydrogens (tertiary/aromatic N) is 16. The molecule has 0 saturated carbocycles. The first-order chi connectivity index (χ1) is 51.6. The van der Waals surface area contributed by atoms with Gasteiger partial charge in [0, 0.05) is 175 Å². The molecule has 19 aromatic rings. The van der Waals surface area contributed by atoms with E-state index in [0.717, 1.165) is 178 Å². The maximum absolute atomic E-state index is 4.76. The summed E-state index contributed by atoms with van der Waals surface area (Å²) in [7, 11) is 0. The molecule has 0 spiro atoms. The number of benzene rings is 7. The van der Waals surface area contributed by atoms with Crippen LogP contribution in [0.1, 0.15) is 0 Å². The minimum atomic E-state index is 0.802.